The fraction of sp³-hybridized carbons (Fsp3) is 0.316. The quantitative estimate of drug-likeness (QED) is 0.781. The lowest BCUT2D eigenvalue weighted by Crippen LogP contribution is -2.31. The fourth-order valence-electron chi connectivity index (χ4n) is 3.16. The van der Waals surface area contributed by atoms with Crippen LogP contribution in [0, 0.1) is 0 Å². The molecule has 1 aromatic carbocycles. The van der Waals surface area contributed by atoms with Crippen molar-refractivity contribution in [2.24, 2.45) is 0 Å². The average molecular weight is 351 g/mol. The lowest BCUT2D eigenvalue weighted by Gasteiger charge is -2.18. The van der Waals surface area contributed by atoms with Crippen LogP contribution in [0.5, 0.6) is 5.88 Å². The molecule has 1 aliphatic rings. The number of rotatable bonds is 4. The van der Waals surface area contributed by atoms with Crippen molar-refractivity contribution in [2.45, 2.75) is 12.5 Å². The molecular weight excluding hydrogens is 330 g/mol. The van der Waals surface area contributed by atoms with Gasteiger partial charge in [-0.3, -0.25) is 9.78 Å². The Morgan fingerprint density at radius 3 is 3.04 bits per heavy atom. The molecule has 1 unspecified atom stereocenters. The summed E-state index contributed by atoms with van der Waals surface area (Å²) in [6, 6.07) is 7.70. The summed E-state index contributed by atoms with van der Waals surface area (Å²) in [5.74, 6) is 1.27. The van der Waals surface area contributed by atoms with Crippen LogP contribution in [-0.4, -0.2) is 59.0 Å². The van der Waals surface area contributed by atoms with E-state index in [4.69, 9.17) is 4.74 Å². The number of amides is 1. The van der Waals surface area contributed by atoms with E-state index in [2.05, 4.69) is 15.0 Å². The van der Waals surface area contributed by atoms with Crippen LogP contribution in [0.1, 0.15) is 16.8 Å². The standard InChI is InChI=1S/C19H21N5O2/c1-23(2)17-10-20-11-18(22-17)26-15-6-8-24(12-15)19(25)14-3-4-16-13(9-14)5-7-21-16/h3-5,7,9-11,15,21H,6,8,12H2,1-2H3. The Hall–Kier alpha value is -3.09. The first-order valence-corrected chi connectivity index (χ1v) is 8.62. The van der Waals surface area contributed by atoms with Crippen molar-refractivity contribution in [3.05, 3.63) is 48.4 Å². The molecule has 0 saturated carbocycles. The molecule has 134 valence electrons. The molecule has 1 fully saturated rings. The highest BCUT2D eigenvalue weighted by molar-refractivity contribution is 5.98. The smallest absolute Gasteiger partial charge is 0.254 e. The predicted molar refractivity (Wildman–Crippen MR) is 99.6 cm³/mol. The molecule has 1 amide bonds. The SMILES string of the molecule is CN(C)c1cncc(OC2CCN(C(=O)c3ccc4[nH]ccc4c3)C2)n1. The second kappa shape index (κ2) is 6.67. The van der Waals surface area contributed by atoms with E-state index in [1.807, 2.05) is 54.4 Å². The molecule has 26 heavy (non-hydrogen) atoms. The van der Waals surface area contributed by atoms with Crippen LogP contribution in [0.4, 0.5) is 5.82 Å². The number of aromatic nitrogens is 3. The zero-order valence-electron chi connectivity index (χ0n) is 14.8. The number of H-pyrrole nitrogens is 1. The maximum absolute atomic E-state index is 12.8. The lowest BCUT2D eigenvalue weighted by atomic mass is 10.1. The minimum Gasteiger partial charge on any atom is -0.471 e. The van der Waals surface area contributed by atoms with Crippen molar-refractivity contribution in [3.63, 3.8) is 0 Å². The third-order valence-electron chi connectivity index (χ3n) is 4.58. The summed E-state index contributed by atoms with van der Waals surface area (Å²) in [6.45, 7) is 1.23. The molecule has 0 bridgehead atoms. The van der Waals surface area contributed by atoms with Crippen LogP contribution in [-0.2, 0) is 0 Å². The first kappa shape index (κ1) is 16.4. The Balaban J connectivity index is 1.43. The van der Waals surface area contributed by atoms with Gasteiger partial charge in [0.05, 0.1) is 18.9 Å². The molecule has 1 N–H and O–H groups in total. The minimum absolute atomic E-state index is 0.0346. The zero-order chi connectivity index (χ0) is 18.1. The van der Waals surface area contributed by atoms with E-state index < -0.39 is 0 Å². The number of nitrogens with zero attached hydrogens (tertiary/aromatic N) is 4. The maximum Gasteiger partial charge on any atom is 0.254 e. The number of nitrogens with one attached hydrogen (secondary N) is 1. The van der Waals surface area contributed by atoms with Gasteiger partial charge in [0.15, 0.2) is 5.82 Å². The number of hydrogen-bond acceptors (Lipinski definition) is 5. The maximum atomic E-state index is 12.8. The highest BCUT2D eigenvalue weighted by Crippen LogP contribution is 2.21. The van der Waals surface area contributed by atoms with Gasteiger partial charge in [-0.1, -0.05) is 0 Å². The van der Waals surface area contributed by atoms with Crippen LogP contribution in [0.3, 0.4) is 0 Å². The summed E-state index contributed by atoms with van der Waals surface area (Å²) in [7, 11) is 3.82. The topological polar surface area (TPSA) is 74.3 Å². The number of benzene rings is 1. The van der Waals surface area contributed by atoms with Gasteiger partial charge in [-0.2, -0.15) is 4.98 Å². The van der Waals surface area contributed by atoms with Crippen LogP contribution in [0.25, 0.3) is 10.9 Å². The van der Waals surface area contributed by atoms with Crippen LogP contribution in [0.15, 0.2) is 42.9 Å². The minimum atomic E-state index is -0.0679. The van der Waals surface area contributed by atoms with Crippen molar-refractivity contribution in [2.75, 3.05) is 32.1 Å². The molecule has 1 atom stereocenters. The number of carbonyl (C=O) groups excluding carboxylic acids is 1. The lowest BCUT2D eigenvalue weighted by molar-refractivity contribution is 0.0771. The highest BCUT2D eigenvalue weighted by atomic mass is 16.5. The third-order valence-corrected chi connectivity index (χ3v) is 4.58. The Morgan fingerprint density at radius 2 is 2.19 bits per heavy atom. The third kappa shape index (κ3) is 3.20. The molecule has 3 heterocycles. The van der Waals surface area contributed by atoms with E-state index in [0.29, 0.717) is 24.5 Å². The van der Waals surface area contributed by atoms with Crippen molar-refractivity contribution < 1.29 is 9.53 Å². The van der Waals surface area contributed by atoms with Gasteiger partial charge < -0.3 is 19.5 Å². The first-order chi connectivity index (χ1) is 12.6. The van der Waals surface area contributed by atoms with E-state index in [0.717, 1.165) is 23.1 Å². The first-order valence-electron chi connectivity index (χ1n) is 8.62. The number of aromatic amines is 1. The largest absolute Gasteiger partial charge is 0.471 e. The Morgan fingerprint density at radius 1 is 1.31 bits per heavy atom. The summed E-state index contributed by atoms with van der Waals surface area (Å²) in [4.78, 5) is 28.2. The number of hydrogen-bond donors (Lipinski definition) is 1. The number of likely N-dealkylation sites (tertiary alicyclic amines) is 1. The molecule has 3 aromatic rings. The summed E-state index contributed by atoms with van der Waals surface area (Å²) in [5, 5.41) is 1.04. The Bertz CT molecular complexity index is 936. The van der Waals surface area contributed by atoms with Crippen LogP contribution >= 0.6 is 0 Å². The molecule has 0 radical (unpaired) electrons. The molecule has 1 saturated heterocycles. The van der Waals surface area contributed by atoms with Crippen molar-refractivity contribution >= 4 is 22.6 Å². The second-order valence-corrected chi connectivity index (χ2v) is 6.67. The zero-order valence-corrected chi connectivity index (χ0v) is 14.8. The molecular formula is C19H21N5O2. The Kier molecular flexibility index (Phi) is 4.20. The molecule has 2 aromatic heterocycles. The summed E-state index contributed by atoms with van der Waals surface area (Å²) >= 11 is 0. The number of ether oxygens (including phenoxy) is 1. The van der Waals surface area contributed by atoms with E-state index in [9.17, 15) is 4.79 Å². The monoisotopic (exact) mass is 351 g/mol. The highest BCUT2D eigenvalue weighted by Gasteiger charge is 2.28. The molecule has 7 heteroatoms. The van der Waals surface area contributed by atoms with Crippen molar-refractivity contribution in [1.29, 1.82) is 0 Å². The normalized spacial score (nSPS) is 16.8. The molecule has 4 rings (SSSR count). The number of fused-ring (bicyclic) bond motifs is 1. The second-order valence-electron chi connectivity index (χ2n) is 6.67. The summed E-state index contributed by atoms with van der Waals surface area (Å²) < 4.78 is 5.94. The van der Waals surface area contributed by atoms with Gasteiger partial charge in [-0.25, -0.2) is 0 Å². The van der Waals surface area contributed by atoms with Crippen LogP contribution < -0.4 is 9.64 Å². The van der Waals surface area contributed by atoms with Crippen molar-refractivity contribution in [1.82, 2.24) is 19.9 Å². The predicted octanol–water partition coefficient (Wildman–Crippen LogP) is 2.32. The summed E-state index contributed by atoms with van der Waals surface area (Å²) in [5.41, 5.74) is 1.73. The summed E-state index contributed by atoms with van der Waals surface area (Å²) in [6.07, 6.45) is 5.89. The van der Waals surface area contributed by atoms with Gasteiger partial charge in [0.25, 0.3) is 5.91 Å². The molecule has 0 spiro atoms. The van der Waals surface area contributed by atoms with E-state index in [1.165, 1.54) is 0 Å². The van der Waals surface area contributed by atoms with Crippen molar-refractivity contribution in [3.8, 4) is 5.88 Å². The molecule has 7 nitrogen and oxygen atoms in total. The Labute approximate surface area is 151 Å². The van der Waals surface area contributed by atoms with Gasteiger partial charge in [-0.15, -0.1) is 0 Å². The fourth-order valence-corrected chi connectivity index (χ4v) is 3.16. The number of anilines is 1. The van der Waals surface area contributed by atoms with Gasteiger partial charge in [0, 0.05) is 49.7 Å². The van der Waals surface area contributed by atoms with E-state index in [1.54, 1.807) is 12.4 Å². The van der Waals surface area contributed by atoms with Crippen LogP contribution in [0.2, 0.25) is 0 Å². The van der Waals surface area contributed by atoms with Gasteiger partial charge >= 0.3 is 0 Å². The molecule has 0 aliphatic carbocycles. The average Bonchev–Trinajstić information content (AvgIpc) is 3.30. The van der Waals surface area contributed by atoms with E-state index >= 15 is 0 Å². The molecule has 1 aliphatic heterocycles. The van der Waals surface area contributed by atoms with Gasteiger partial charge in [0.2, 0.25) is 5.88 Å². The van der Waals surface area contributed by atoms with Gasteiger partial charge in [0.1, 0.15) is 6.10 Å². The van der Waals surface area contributed by atoms with Gasteiger partial charge in [-0.05, 0) is 24.3 Å². The van der Waals surface area contributed by atoms with E-state index in [-0.39, 0.29) is 12.0 Å². The number of carbonyl (C=O) groups is 1.